The van der Waals surface area contributed by atoms with E-state index in [1.165, 1.54) is 42.1 Å². The number of carbonyl (C=O) groups is 1. The first kappa shape index (κ1) is 18.5. The van der Waals surface area contributed by atoms with Gasteiger partial charge in [-0.2, -0.15) is 5.26 Å². The van der Waals surface area contributed by atoms with E-state index in [4.69, 9.17) is 4.42 Å². The Morgan fingerprint density at radius 1 is 1.17 bits per heavy atom. The zero-order valence-corrected chi connectivity index (χ0v) is 15.7. The minimum atomic E-state index is -0.609. The van der Waals surface area contributed by atoms with E-state index in [0.717, 1.165) is 11.0 Å². The summed E-state index contributed by atoms with van der Waals surface area (Å²) >= 11 is 1.30. The number of nitrogens with zero attached hydrogens (tertiary/aromatic N) is 2. The molecule has 8 heteroatoms. The second-order valence-corrected chi connectivity index (χ2v) is 6.94. The summed E-state index contributed by atoms with van der Waals surface area (Å²) in [5.41, 5.74) is 2.03. The number of nitrogens with one attached hydrogen (secondary N) is 2. The number of imidazole rings is 1. The summed E-state index contributed by atoms with van der Waals surface area (Å²) in [6.07, 6.45) is 1.35. The van der Waals surface area contributed by atoms with Crippen molar-refractivity contribution >= 4 is 40.5 Å². The Hall–Kier alpha value is -3.83. The number of benzene rings is 2. The highest BCUT2D eigenvalue weighted by molar-refractivity contribution is 7.99. The molecule has 142 valence electrons. The van der Waals surface area contributed by atoms with E-state index in [0.29, 0.717) is 21.7 Å². The Morgan fingerprint density at radius 3 is 2.72 bits per heavy atom. The average Bonchev–Trinajstić information content (AvgIpc) is 3.34. The zero-order valence-electron chi connectivity index (χ0n) is 14.8. The molecule has 1 amide bonds. The molecule has 2 heterocycles. The first-order chi connectivity index (χ1) is 14.1. The van der Waals surface area contributed by atoms with Crippen LogP contribution in [-0.2, 0) is 4.79 Å². The van der Waals surface area contributed by atoms with Gasteiger partial charge in [0.2, 0.25) is 0 Å². The van der Waals surface area contributed by atoms with Crippen LogP contribution in [0.25, 0.3) is 17.1 Å². The van der Waals surface area contributed by atoms with Crippen molar-refractivity contribution in [1.29, 1.82) is 5.26 Å². The summed E-state index contributed by atoms with van der Waals surface area (Å²) < 4.78 is 18.6. The van der Waals surface area contributed by atoms with Gasteiger partial charge < -0.3 is 14.7 Å². The van der Waals surface area contributed by atoms with Crippen LogP contribution in [-0.4, -0.2) is 15.9 Å². The number of fused-ring (bicyclic) bond motifs is 1. The normalized spacial score (nSPS) is 11.4. The van der Waals surface area contributed by atoms with Crippen molar-refractivity contribution in [3.63, 3.8) is 0 Å². The molecule has 0 aliphatic heterocycles. The molecule has 0 atom stereocenters. The molecule has 4 rings (SSSR count). The smallest absolute Gasteiger partial charge is 0.266 e. The molecule has 2 aromatic heterocycles. The third-order valence-corrected chi connectivity index (χ3v) is 4.73. The fourth-order valence-corrected chi connectivity index (χ4v) is 3.33. The summed E-state index contributed by atoms with van der Waals surface area (Å²) in [5.74, 6) is -0.666. The quantitative estimate of drug-likeness (QED) is 0.361. The van der Waals surface area contributed by atoms with Crippen LogP contribution in [0.4, 0.5) is 10.1 Å². The predicted octanol–water partition coefficient (Wildman–Crippen LogP) is 4.99. The maximum absolute atomic E-state index is 13.0. The van der Waals surface area contributed by atoms with Gasteiger partial charge >= 0.3 is 0 Å². The highest BCUT2D eigenvalue weighted by Crippen LogP contribution is 2.29. The molecule has 0 fully saturated rings. The van der Waals surface area contributed by atoms with Crippen molar-refractivity contribution in [1.82, 2.24) is 9.97 Å². The van der Waals surface area contributed by atoms with Crippen LogP contribution >= 0.6 is 11.8 Å². The fourth-order valence-electron chi connectivity index (χ4n) is 2.56. The minimum absolute atomic E-state index is 0.135. The molecule has 0 radical (unpaired) electrons. The molecule has 29 heavy (non-hydrogen) atoms. The molecule has 0 unspecified atom stereocenters. The van der Waals surface area contributed by atoms with Crippen molar-refractivity contribution in [2.45, 2.75) is 10.2 Å². The van der Waals surface area contributed by atoms with E-state index in [2.05, 4.69) is 15.3 Å². The Bertz CT molecular complexity index is 1220. The van der Waals surface area contributed by atoms with Crippen molar-refractivity contribution < 1.29 is 13.6 Å². The van der Waals surface area contributed by atoms with Gasteiger partial charge in [-0.3, -0.25) is 4.79 Å². The van der Waals surface area contributed by atoms with E-state index in [9.17, 15) is 14.4 Å². The lowest BCUT2D eigenvalue weighted by Gasteiger charge is -2.03. The van der Waals surface area contributed by atoms with Gasteiger partial charge in [-0.15, -0.1) is 0 Å². The molecule has 0 saturated heterocycles. The molecule has 0 saturated carbocycles. The van der Waals surface area contributed by atoms with Gasteiger partial charge in [0.15, 0.2) is 10.2 Å². The highest BCUT2D eigenvalue weighted by atomic mass is 32.2. The van der Waals surface area contributed by atoms with Crippen LogP contribution in [0.5, 0.6) is 0 Å². The maximum atomic E-state index is 13.0. The Labute approximate surface area is 169 Å². The monoisotopic (exact) mass is 404 g/mol. The number of hydrogen-bond acceptors (Lipinski definition) is 5. The standard InChI is InChI=1S/C21H13FN4O2S/c22-14-5-7-15(8-6-14)24-20(27)13(12-23)11-16-9-10-19(28-16)29-21-25-17-3-1-2-4-18(17)26-21/h1-11H,(H,24,27)(H,25,26)/b13-11-. The van der Waals surface area contributed by atoms with Crippen LogP contribution in [0, 0.1) is 17.1 Å². The third kappa shape index (κ3) is 4.36. The lowest BCUT2D eigenvalue weighted by atomic mass is 10.2. The number of halogens is 1. The van der Waals surface area contributed by atoms with Crippen molar-refractivity contribution in [3.05, 3.63) is 77.8 Å². The summed E-state index contributed by atoms with van der Waals surface area (Å²) in [6, 6.07) is 18.2. The molecule has 6 nitrogen and oxygen atoms in total. The second-order valence-electron chi connectivity index (χ2n) is 5.95. The van der Waals surface area contributed by atoms with Gasteiger partial charge in [0.1, 0.15) is 23.2 Å². The molecule has 0 spiro atoms. The van der Waals surface area contributed by atoms with E-state index in [-0.39, 0.29) is 5.57 Å². The molecule has 0 aliphatic carbocycles. The molecular formula is C21H13FN4O2S. The lowest BCUT2D eigenvalue weighted by Crippen LogP contribution is -2.13. The molecule has 0 aliphatic rings. The van der Waals surface area contributed by atoms with Gasteiger partial charge in [0.05, 0.1) is 11.0 Å². The molecule has 4 aromatic rings. The average molecular weight is 404 g/mol. The summed E-state index contributed by atoms with van der Waals surface area (Å²) in [6.45, 7) is 0. The van der Waals surface area contributed by atoms with Crippen molar-refractivity contribution in [2.24, 2.45) is 0 Å². The van der Waals surface area contributed by atoms with Gasteiger partial charge in [0, 0.05) is 11.8 Å². The number of amides is 1. The van der Waals surface area contributed by atoms with Crippen LogP contribution in [0.15, 0.2) is 80.9 Å². The molecule has 2 N–H and O–H groups in total. The van der Waals surface area contributed by atoms with Gasteiger partial charge in [0.25, 0.3) is 5.91 Å². The Balaban J connectivity index is 1.48. The number of hydrogen-bond donors (Lipinski definition) is 2. The van der Waals surface area contributed by atoms with Gasteiger partial charge in [-0.25, -0.2) is 9.37 Å². The number of nitriles is 1. The van der Waals surface area contributed by atoms with E-state index < -0.39 is 11.7 Å². The van der Waals surface area contributed by atoms with Crippen molar-refractivity contribution in [3.8, 4) is 6.07 Å². The van der Waals surface area contributed by atoms with Crippen LogP contribution in [0.2, 0.25) is 0 Å². The number of para-hydroxylation sites is 2. The van der Waals surface area contributed by atoms with Crippen LogP contribution in [0.3, 0.4) is 0 Å². The molecule has 0 bridgehead atoms. The SMILES string of the molecule is N#C/C(=C/c1ccc(Sc2nc3ccccc3[nH]2)o1)C(=O)Nc1ccc(F)cc1. The minimum Gasteiger partial charge on any atom is -0.450 e. The van der Waals surface area contributed by atoms with Gasteiger partial charge in [-0.05, 0) is 60.3 Å². The van der Waals surface area contributed by atoms with E-state index in [1.54, 1.807) is 12.1 Å². The lowest BCUT2D eigenvalue weighted by molar-refractivity contribution is -0.112. The predicted molar refractivity (Wildman–Crippen MR) is 108 cm³/mol. The zero-order chi connectivity index (χ0) is 20.2. The fraction of sp³-hybridized carbons (Fsp3) is 0. The van der Waals surface area contributed by atoms with Crippen molar-refractivity contribution in [2.75, 3.05) is 5.32 Å². The van der Waals surface area contributed by atoms with Crippen LogP contribution in [0.1, 0.15) is 5.76 Å². The van der Waals surface area contributed by atoms with Crippen LogP contribution < -0.4 is 5.32 Å². The third-order valence-electron chi connectivity index (χ3n) is 3.92. The maximum Gasteiger partial charge on any atom is 0.266 e. The summed E-state index contributed by atoms with van der Waals surface area (Å²) in [5, 5.41) is 13.1. The first-order valence-corrected chi connectivity index (χ1v) is 9.33. The number of rotatable bonds is 5. The number of H-pyrrole nitrogens is 1. The Kier molecular flexibility index (Phi) is 5.14. The first-order valence-electron chi connectivity index (χ1n) is 8.52. The number of aromatic amines is 1. The number of carbonyl (C=O) groups excluding carboxylic acids is 1. The highest BCUT2D eigenvalue weighted by Gasteiger charge is 2.12. The Morgan fingerprint density at radius 2 is 1.97 bits per heavy atom. The number of anilines is 1. The second kappa shape index (κ2) is 8.04. The number of aromatic nitrogens is 2. The number of furan rings is 1. The van der Waals surface area contributed by atoms with E-state index in [1.807, 2.05) is 30.3 Å². The summed E-state index contributed by atoms with van der Waals surface area (Å²) in [4.78, 5) is 19.9. The van der Waals surface area contributed by atoms with Gasteiger partial charge in [-0.1, -0.05) is 12.1 Å². The van der Waals surface area contributed by atoms with E-state index >= 15 is 0 Å². The molecule has 2 aromatic carbocycles. The molecular weight excluding hydrogens is 391 g/mol. The summed E-state index contributed by atoms with van der Waals surface area (Å²) in [7, 11) is 0. The largest absolute Gasteiger partial charge is 0.450 e. The topological polar surface area (TPSA) is 94.7 Å².